The second-order valence-corrected chi connectivity index (χ2v) is 8.97. The minimum atomic E-state index is -0.311. The topological polar surface area (TPSA) is 30.0 Å². The predicted octanol–water partition coefficient (Wildman–Crippen LogP) is 6.63. The highest BCUT2D eigenvalue weighted by atomic mass is 32.2. The van der Waals surface area contributed by atoms with Crippen LogP contribution in [0.1, 0.15) is 32.3 Å². The largest absolute Gasteiger partial charge is 0.293 e. The molecule has 0 amide bonds. The molecule has 0 saturated carbocycles. The Morgan fingerprint density at radius 2 is 1.52 bits per heavy atom. The first kappa shape index (κ1) is 18.0. The number of thioether (sulfide) groups is 1. The minimum absolute atomic E-state index is 0.114. The molecule has 4 heteroatoms. The van der Waals surface area contributed by atoms with Gasteiger partial charge in [-0.3, -0.25) is 4.79 Å². The number of thiazole rings is 1. The fourth-order valence-corrected chi connectivity index (χ4v) is 5.22. The van der Waals surface area contributed by atoms with Crippen LogP contribution >= 0.6 is 23.1 Å². The zero-order valence-corrected chi connectivity index (χ0v) is 16.8. The lowest BCUT2D eigenvalue weighted by molar-refractivity contribution is 0.0989. The summed E-state index contributed by atoms with van der Waals surface area (Å²) < 4.78 is 2.06. The number of rotatable bonds is 5. The summed E-state index contributed by atoms with van der Waals surface area (Å²) >= 11 is 3.18. The molecule has 0 fully saturated rings. The molecule has 4 aromatic rings. The fraction of sp³-hybridized carbons (Fsp3) is 0.130. The predicted molar refractivity (Wildman–Crippen MR) is 115 cm³/mol. The van der Waals surface area contributed by atoms with Crippen molar-refractivity contribution < 1.29 is 4.79 Å². The van der Waals surface area contributed by atoms with E-state index in [1.807, 2.05) is 61.5 Å². The van der Waals surface area contributed by atoms with Gasteiger partial charge in [-0.25, -0.2) is 4.98 Å². The van der Waals surface area contributed by atoms with Crippen molar-refractivity contribution in [2.45, 2.75) is 23.4 Å². The highest BCUT2D eigenvalue weighted by Gasteiger charge is 2.25. The molecule has 0 radical (unpaired) electrons. The van der Waals surface area contributed by atoms with E-state index in [4.69, 9.17) is 4.98 Å². The summed E-state index contributed by atoms with van der Waals surface area (Å²) in [7, 11) is 0. The number of carbonyl (C=O) groups excluding carboxylic acids is 1. The quantitative estimate of drug-likeness (QED) is 0.283. The first-order valence-electron chi connectivity index (χ1n) is 8.80. The molecule has 0 spiro atoms. The number of para-hydroxylation sites is 1. The smallest absolute Gasteiger partial charge is 0.180 e. The van der Waals surface area contributed by atoms with Crippen LogP contribution in [0.4, 0.5) is 0 Å². The fourth-order valence-electron chi connectivity index (χ4n) is 2.89. The highest BCUT2D eigenvalue weighted by molar-refractivity contribution is 8.02. The first-order valence-corrected chi connectivity index (χ1v) is 10.5. The average molecular weight is 390 g/mol. The standard InChI is InChI=1S/C23H19NOS2/c1-15-7-11-17(12-8-15)21(25)22(18-13-9-16(2)10-14-18)27-23-24-19-5-3-4-6-20(19)26-23/h3-14,22H,1-2H3/t22-/m0/s1. The highest BCUT2D eigenvalue weighted by Crippen LogP contribution is 2.41. The molecule has 0 saturated heterocycles. The molecule has 1 heterocycles. The van der Waals surface area contributed by atoms with E-state index in [9.17, 15) is 4.79 Å². The normalized spacial score (nSPS) is 12.2. The second kappa shape index (κ2) is 7.67. The maximum absolute atomic E-state index is 13.3. The lowest BCUT2D eigenvalue weighted by Crippen LogP contribution is -2.10. The van der Waals surface area contributed by atoms with E-state index in [0.29, 0.717) is 0 Å². The maximum atomic E-state index is 13.3. The molecule has 0 unspecified atom stereocenters. The summed E-state index contributed by atoms with van der Waals surface area (Å²) in [6.45, 7) is 4.09. The van der Waals surface area contributed by atoms with Gasteiger partial charge in [0.2, 0.25) is 0 Å². The van der Waals surface area contributed by atoms with E-state index in [0.717, 1.165) is 31.2 Å². The van der Waals surface area contributed by atoms with Gasteiger partial charge in [0.1, 0.15) is 0 Å². The Morgan fingerprint density at radius 3 is 2.19 bits per heavy atom. The van der Waals surface area contributed by atoms with Crippen LogP contribution in [0.15, 0.2) is 77.1 Å². The minimum Gasteiger partial charge on any atom is -0.293 e. The third kappa shape index (κ3) is 3.97. The molecule has 27 heavy (non-hydrogen) atoms. The molecular formula is C23H19NOS2. The molecule has 134 valence electrons. The monoisotopic (exact) mass is 389 g/mol. The summed E-state index contributed by atoms with van der Waals surface area (Å²) in [5.74, 6) is 0.114. The molecular weight excluding hydrogens is 370 g/mol. The van der Waals surface area contributed by atoms with Gasteiger partial charge in [0, 0.05) is 5.56 Å². The van der Waals surface area contributed by atoms with Crippen molar-refractivity contribution in [3.8, 4) is 0 Å². The van der Waals surface area contributed by atoms with Gasteiger partial charge in [-0.15, -0.1) is 11.3 Å². The first-order chi connectivity index (χ1) is 13.1. The number of Topliss-reactive ketones (excluding diaryl/α,β-unsaturated/α-hetero) is 1. The maximum Gasteiger partial charge on any atom is 0.180 e. The molecule has 0 aliphatic heterocycles. The van der Waals surface area contributed by atoms with Gasteiger partial charge in [0.25, 0.3) is 0 Å². The summed E-state index contributed by atoms with van der Waals surface area (Å²) in [5, 5.41) is -0.311. The van der Waals surface area contributed by atoms with Gasteiger partial charge in [0.05, 0.1) is 15.5 Å². The van der Waals surface area contributed by atoms with Crippen molar-refractivity contribution in [1.29, 1.82) is 0 Å². The summed E-state index contributed by atoms with van der Waals surface area (Å²) in [6.07, 6.45) is 0. The number of nitrogens with zero attached hydrogens (tertiary/aromatic N) is 1. The van der Waals surface area contributed by atoms with Crippen molar-refractivity contribution in [2.24, 2.45) is 0 Å². The molecule has 3 aromatic carbocycles. The lowest BCUT2D eigenvalue weighted by Gasteiger charge is -2.15. The zero-order valence-electron chi connectivity index (χ0n) is 15.2. The van der Waals surface area contributed by atoms with Crippen LogP contribution in [0.5, 0.6) is 0 Å². The number of ketones is 1. The van der Waals surface area contributed by atoms with Gasteiger partial charge in [-0.1, -0.05) is 83.6 Å². The molecule has 1 atom stereocenters. The van der Waals surface area contributed by atoms with E-state index in [1.165, 1.54) is 17.3 Å². The summed E-state index contributed by atoms with van der Waals surface area (Å²) in [4.78, 5) is 18.0. The number of hydrogen-bond acceptors (Lipinski definition) is 4. The number of benzene rings is 3. The van der Waals surface area contributed by atoms with Gasteiger partial charge in [-0.2, -0.15) is 0 Å². The van der Waals surface area contributed by atoms with Gasteiger partial charge < -0.3 is 0 Å². The Kier molecular flexibility index (Phi) is 5.10. The Bertz CT molecular complexity index is 1050. The third-order valence-corrected chi connectivity index (χ3v) is 6.83. The van der Waals surface area contributed by atoms with Crippen LogP contribution in [-0.2, 0) is 0 Å². The number of aryl methyl sites for hydroxylation is 2. The van der Waals surface area contributed by atoms with Crippen molar-refractivity contribution >= 4 is 39.1 Å². The van der Waals surface area contributed by atoms with Crippen LogP contribution < -0.4 is 0 Å². The molecule has 0 N–H and O–H groups in total. The van der Waals surface area contributed by atoms with E-state index >= 15 is 0 Å². The van der Waals surface area contributed by atoms with Crippen molar-refractivity contribution in [1.82, 2.24) is 4.98 Å². The Hall–Kier alpha value is -2.43. The summed E-state index contributed by atoms with van der Waals surface area (Å²) in [5.41, 5.74) is 5.06. The van der Waals surface area contributed by atoms with Gasteiger partial charge >= 0.3 is 0 Å². The van der Waals surface area contributed by atoms with Crippen LogP contribution in [-0.4, -0.2) is 10.8 Å². The average Bonchev–Trinajstić information content (AvgIpc) is 3.10. The van der Waals surface area contributed by atoms with E-state index in [2.05, 4.69) is 25.1 Å². The summed E-state index contributed by atoms with van der Waals surface area (Å²) in [6, 6.07) is 24.1. The Balaban J connectivity index is 1.71. The van der Waals surface area contributed by atoms with E-state index < -0.39 is 0 Å². The van der Waals surface area contributed by atoms with Crippen molar-refractivity contribution in [3.63, 3.8) is 0 Å². The Labute approximate surface area is 167 Å². The molecule has 2 nitrogen and oxygen atoms in total. The van der Waals surface area contributed by atoms with Crippen LogP contribution in [0.2, 0.25) is 0 Å². The lowest BCUT2D eigenvalue weighted by atomic mass is 10.0. The van der Waals surface area contributed by atoms with E-state index in [-0.39, 0.29) is 11.0 Å². The number of hydrogen-bond donors (Lipinski definition) is 0. The van der Waals surface area contributed by atoms with Crippen LogP contribution in [0.3, 0.4) is 0 Å². The number of aromatic nitrogens is 1. The van der Waals surface area contributed by atoms with Crippen LogP contribution in [0, 0.1) is 13.8 Å². The SMILES string of the molecule is Cc1ccc(C(=O)[C@@H](Sc2nc3ccccc3s2)c2ccc(C)cc2)cc1. The zero-order chi connectivity index (χ0) is 18.8. The number of fused-ring (bicyclic) bond motifs is 1. The number of carbonyl (C=O) groups is 1. The molecule has 0 aliphatic rings. The van der Waals surface area contributed by atoms with E-state index in [1.54, 1.807) is 11.3 Å². The van der Waals surface area contributed by atoms with Gasteiger partial charge in [-0.05, 0) is 31.5 Å². The Morgan fingerprint density at radius 1 is 0.889 bits per heavy atom. The van der Waals surface area contributed by atoms with Crippen LogP contribution in [0.25, 0.3) is 10.2 Å². The molecule has 0 aliphatic carbocycles. The molecule has 4 rings (SSSR count). The molecule has 1 aromatic heterocycles. The van der Waals surface area contributed by atoms with Crippen molar-refractivity contribution in [2.75, 3.05) is 0 Å². The second-order valence-electron chi connectivity index (χ2n) is 6.59. The van der Waals surface area contributed by atoms with Gasteiger partial charge in [0.15, 0.2) is 10.1 Å². The molecule has 0 bridgehead atoms. The van der Waals surface area contributed by atoms with Crippen molar-refractivity contribution in [3.05, 3.63) is 95.1 Å². The third-order valence-electron chi connectivity index (χ3n) is 4.45.